The first-order valence-corrected chi connectivity index (χ1v) is 14.4. The Kier molecular flexibility index (Phi) is 27.1. The Morgan fingerprint density at radius 2 is 0.736 bits per heavy atom. The molecule has 0 bridgehead atoms. The Morgan fingerprint density at radius 1 is 0.453 bits per heavy atom. The van der Waals surface area contributed by atoms with E-state index in [9.17, 15) is 19.2 Å². The molecule has 1 atom stereocenters. The summed E-state index contributed by atoms with van der Waals surface area (Å²) in [5, 5.41) is 8.91. The van der Waals surface area contributed by atoms with Crippen molar-refractivity contribution < 1.29 is 38.5 Å². The van der Waals surface area contributed by atoms with E-state index in [0.717, 1.165) is 0 Å². The molecule has 0 fully saturated rings. The molecular formula is C45H20O8. The number of carbonyl (C=O) groups is 4. The number of esters is 3. The van der Waals surface area contributed by atoms with Crippen LogP contribution in [0.3, 0.4) is 0 Å². The molecule has 0 aromatic heterocycles. The van der Waals surface area contributed by atoms with Crippen molar-refractivity contribution in [3.8, 4) is 189 Å². The normalized spacial score (nSPS) is 7.02. The van der Waals surface area contributed by atoms with Gasteiger partial charge >= 0.3 is 23.9 Å². The molecule has 0 aliphatic carbocycles. The molecule has 1 unspecified atom stereocenters. The first-order chi connectivity index (χ1) is 25.8. The minimum Gasteiger partial charge on any atom is -0.481 e. The first kappa shape index (κ1) is 43.8. The largest absolute Gasteiger partial charge is 0.481 e. The van der Waals surface area contributed by atoms with Gasteiger partial charge in [0, 0.05) is 24.7 Å². The van der Waals surface area contributed by atoms with Gasteiger partial charge in [0.25, 0.3) is 0 Å². The lowest BCUT2D eigenvalue weighted by atomic mass is 10.0. The van der Waals surface area contributed by atoms with Gasteiger partial charge in [-0.15, -0.1) is 0 Å². The maximum absolute atomic E-state index is 12.3. The highest BCUT2D eigenvalue weighted by atomic mass is 16.6. The number of aliphatic carboxylic acids is 1. The minimum atomic E-state index is -1.27. The zero-order valence-corrected chi connectivity index (χ0v) is 28.3. The molecule has 0 aromatic rings. The summed E-state index contributed by atoms with van der Waals surface area (Å²) in [5.41, 5.74) is 0. The third-order valence-electron chi connectivity index (χ3n) is 4.34. The molecule has 0 radical (unpaired) electrons. The first-order valence-electron chi connectivity index (χ1n) is 14.4. The number of hydrogen-bond donors (Lipinski definition) is 1. The molecule has 0 saturated heterocycles. The highest BCUT2D eigenvalue weighted by Crippen LogP contribution is 2.10. The van der Waals surface area contributed by atoms with Gasteiger partial charge in [0.1, 0.15) is 13.2 Å². The number of carbonyl (C=O) groups excluding carboxylic acids is 3. The highest BCUT2D eigenvalue weighted by Gasteiger charge is 2.21. The molecule has 0 saturated carbocycles. The van der Waals surface area contributed by atoms with E-state index >= 15 is 0 Å². The van der Waals surface area contributed by atoms with Gasteiger partial charge in [-0.25, -0.2) is 9.59 Å². The Bertz CT molecular complexity index is 2340. The number of carboxylic acid groups (broad SMARTS) is 1. The average molecular weight is 689 g/mol. The summed E-state index contributed by atoms with van der Waals surface area (Å²) >= 11 is 0. The predicted octanol–water partition coefficient (Wildman–Crippen LogP) is 0.580. The molecule has 0 heterocycles. The molecule has 0 aliphatic rings. The van der Waals surface area contributed by atoms with Gasteiger partial charge in [-0.1, -0.05) is 18.8 Å². The number of carboxylic acids is 1. The number of ether oxygens (including phenoxy) is 3. The van der Waals surface area contributed by atoms with Crippen molar-refractivity contribution in [2.75, 3.05) is 13.2 Å². The zero-order valence-electron chi connectivity index (χ0n) is 28.3. The van der Waals surface area contributed by atoms with Crippen LogP contribution in [-0.2, 0) is 33.4 Å². The summed E-state index contributed by atoms with van der Waals surface area (Å²) in [5.74, 6) is 72.6. The monoisotopic (exact) mass is 688 g/mol. The highest BCUT2D eigenvalue weighted by molar-refractivity contribution is 5.89. The van der Waals surface area contributed by atoms with Crippen LogP contribution in [0.15, 0.2) is 0 Å². The van der Waals surface area contributed by atoms with Crippen molar-refractivity contribution in [2.24, 2.45) is 5.92 Å². The molecule has 0 aromatic carbocycles. The van der Waals surface area contributed by atoms with E-state index in [1.165, 1.54) is 6.92 Å². The van der Waals surface area contributed by atoms with Crippen molar-refractivity contribution in [3.05, 3.63) is 0 Å². The summed E-state index contributed by atoms with van der Waals surface area (Å²) in [6.07, 6.45) is -1.81. The van der Waals surface area contributed by atoms with E-state index in [1.807, 2.05) is 0 Å². The summed E-state index contributed by atoms with van der Waals surface area (Å²) in [4.78, 5) is 47.3. The number of hydrogen-bond acceptors (Lipinski definition) is 7. The standard InChI is InChI=1S/C45H20O8/c1-4-6-8-10-12-14-16-18-20-22-24-26-28-30-32-34-43(48)51-38-41(53-45(50)37-40(3)36-42(46)47)39-52-44(49)35-33-31-29-27-25-23-21-19-17-15-13-11-9-7-5-2/h40-41H,36-39H2,1-3H3,(H,46,47). The van der Waals surface area contributed by atoms with Crippen LogP contribution < -0.4 is 0 Å². The molecule has 0 rings (SSSR count). The minimum absolute atomic E-state index is 0.262. The molecule has 1 N–H and O–H groups in total. The van der Waals surface area contributed by atoms with Gasteiger partial charge in [-0.3, -0.25) is 9.59 Å². The lowest BCUT2D eigenvalue weighted by molar-refractivity contribution is -0.164. The molecule has 8 heteroatoms. The SMILES string of the molecule is CC#CC#CC#CC#CC#CC#CC#CC#CC(=O)OCC(COC(=O)C#CC#CC#CC#CC#CC#CC#CC#CC)OC(=O)CC(C)CC(=O)O. The molecule has 0 amide bonds. The topological polar surface area (TPSA) is 116 Å². The molecule has 248 valence electrons. The molecule has 53 heavy (non-hydrogen) atoms. The van der Waals surface area contributed by atoms with Crippen molar-refractivity contribution >= 4 is 23.9 Å². The predicted molar refractivity (Wildman–Crippen MR) is 194 cm³/mol. The molecule has 0 aliphatic heterocycles. The Hall–Kier alpha value is -9.16. The molecular weight excluding hydrogens is 668 g/mol. The van der Waals surface area contributed by atoms with Crippen molar-refractivity contribution in [1.29, 1.82) is 0 Å². The van der Waals surface area contributed by atoms with Crippen LogP contribution in [-0.4, -0.2) is 48.3 Å². The van der Waals surface area contributed by atoms with Crippen LogP contribution in [0.25, 0.3) is 0 Å². The second-order valence-electron chi connectivity index (χ2n) is 8.47. The van der Waals surface area contributed by atoms with E-state index in [2.05, 4.69) is 189 Å². The fourth-order valence-corrected chi connectivity index (χ4v) is 2.45. The van der Waals surface area contributed by atoms with Gasteiger partial charge in [-0.05, 0) is 186 Å². The number of rotatable bonds is 9. The average Bonchev–Trinajstić information content (AvgIpc) is 3.12. The summed E-state index contributed by atoms with van der Waals surface area (Å²) in [7, 11) is 0. The van der Waals surface area contributed by atoms with Crippen LogP contribution in [0.2, 0.25) is 0 Å². The van der Waals surface area contributed by atoms with E-state index in [0.29, 0.717) is 0 Å². The molecule has 8 nitrogen and oxygen atoms in total. The van der Waals surface area contributed by atoms with Crippen LogP contribution in [0.4, 0.5) is 0 Å². The quantitative estimate of drug-likeness (QED) is 0.162. The second kappa shape index (κ2) is 32.8. The van der Waals surface area contributed by atoms with Gasteiger partial charge < -0.3 is 19.3 Å². The van der Waals surface area contributed by atoms with E-state index < -0.39 is 49.1 Å². The van der Waals surface area contributed by atoms with Crippen LogP contribution in [0.1, 0.15) is 33.6 Å². The van der Waals surface area contributed by atoms with Gasteiger partial charge in [0.15, 0.2) is 6.10 Å². The maximum Gasteiger partial charge on any atom is 0.385 e. The van der Waals surface area contributed by atoms with Crippen molar-refractivity contribution in [1.82, 2.24) is 0 Å². The zero-order chi connectivity index (χ0) is 39.0. The summed E-state index contributed by atoms with van der Waals surface area (Å²) in [6, 6.07) is 0. The fraction of sp³-hybridized carbons (Fsp3) is 0.200. The van der Waals surface area contributed by atoms with Crippen LogP contribution in [0, 0.1) is 195 Å². The van der Waals surface area contributed by atoms with E-state index in [4.69, 9.17) is 19.3 Å². The third-order valence-corrected chi connectivity index (χ3v) is 4.34. The molecule has 0 spiro atoms. The second-order valence-corrected chi connectivity index (χ2v) is 8.47. The van der Waals surface area contributed by atoms with E-state index in [-0.39, 0.29) is 12.8 Å². The lowest BCUT2D eigenvalue weighted by Crippen LogP contribution is -2.31. The van der Waals surface area contributed by atoms with Crippen molar-refractivity contribution in [2.45, 2.75) is 39.7 Å². The van der Waals surface area contributed by atoms with Crippen molar-refractivity contribution in [3.63, 3.8) is 0 Å². The van der Waals surface area contributed by atoms with Crippen LogP contribution >= 0.6 is 0 Å². The summed E-state index contributed by atoms with van der Waals surface area (Å²) < 4.78 is 15.1. The maximum atomic E-state index is 12.3. The Balaban J connectivity index is 5.24. The van der Waals surface area contributed by atoms with Gasteiger partial charge in [0.2, 0.25) is 0 Å². The fourth-order valence-electron chi connectivity index (χ4n) is 2.45. The third kappa shape index (κ3) is 32.6. The van der Waals surface area contributed by atoms with Crippen LogP contribution in [0.5, 0.6) is 0 Å². The lowest BCUT2D eigenvalue weighted by Gasteiger charge is -2.18. The van der Waals surface area contributed by atoms with Gasteiger partial charge in [0.05, 0.1) is 0 Å². The Labute approximate surface area is 310 Å². The smallest absolute Gasteiger partial charge is 0.385 e. The summed E-state index contributed by atoms with van der Waals surface area (Å²) in [6.45, 7) is 3.73. The van der Waals surface area contributed by atoms with Gasteiger partial charge in [-0.2, -0.15) is 0 Å². The van der Waals surface area contributed by atoms with E-state index in [1.54, 1.807) is 13.8 Å². The Morgan fingerprint density at radius 3 is 1.02 bits per heavy atom.